The van der Waals surface area contributed by atoms with E-state index in [2.05, 4.69) is 41.2 Å². The number of aromatic nitrogens is 2. The van der Waals surface area contributed by atoms with Gasteiger partial charge in [-0.2, -0.15) is 0 Å². The first kappa shape index (κ1) is 13.7. The van der Waals surface area contributed by atoms with Crippen molar-refractivity contribution in [3.05, 3.63) is 46.9 Å². The first-order valence-electron chi connectivity index (χ1n) is 6.48. The Bertz CT molecular complexity index is 576. The Hall–Kier alpha value is -1.74. The van der Waals surface area contributed by atoms with Gasteiger partial charge >= 0.3 is 0 Å². The van der Waals surface area contributed by atoms with Crippen molar-refractivity contribution in [3.63, 3.8) is 0 Å². The molecule has 2 rings (SSSR count). The van der Waals surface area contributed by atoms with Gasteiger partial charge in [-0.1, -0.05) is 24.3 Å². The molecule has 0 aliphatic rings. The van der Waals surface area contributed by atoms with E-state index in [1.165, 1.54) is 5.56 Å². The average Bonchev–Trinajstić information content (AvgIpc) is 2.42. The third kappa shape index (κ3) is 2.82. The van der Waals surface area contributed by atoms with Crippen molar-refractivity contribution in [1.29, 1.82) is 0 Å². The van der Waals surface area contributed by atoms with Crippen LogP contribution < -0.4 is 0 Å². The van der Waals surface area contributed by atoms with Crippen LogP contribution in [-0.4, -0.2) is 17.1 Å². The summed E-state index contributed by atoms with van der Waals surface area (Å²) in [5.41, 5.74) is 5.49. The maximum atomic E-state index is 5.32. The van der Waals surface area contributed by atoms with E-state index in [-0.39, 0.29) is 6.10 Å². The molecular formula is C16H20N2O. The van der Waals surface area contributed by atoms with Crippen LogP contribution in [0.4, 0.5) is 0 Å². The molecule has 1 heterocycles. The molecule has 0 bridgehead atoms. The number of methoxy groups -OCH3 is 1. The van der Waals surface area contributed by atoms with Crippen LogP contribution in [0.1, 0.15) is 35.7 Å². The average molecular weight is 256 g/mol. The maximum Gasteiger partial charge on any atom is 0.126 e. The minimum atomic E-state index is 0.115. The van der Waals surface area contributed by atoms with E-state index in [1.54, 1.807) is 7.11 Å². The van der Waals surface area contributed by atoms with E-state index in [4.69, 9.17) is 4.74 Å². The van der Waals surface area contributed by atoms with E-state index in [1.807, 2.05) is 20.8 Å². The molecule has 0 spiro atoms. The molecule has 0 unspecified atom stereocenters. The van der Waals surface area contributed by atoms with Gasteiger partial charge in [0.1, 0.15) is 5.82 Å². The van der Waals surface area contributed by atoms with Gasteiger partial charge in [0.25, 0.3) is 0 Å². The molecule has 0 amide bonds. The molecule has 0 radical (unpaired) electrons. The van der Waals surface area contributed by atoms with Gasteiger partial charge in [-0.3, -0.25) is 0 Å². The Morgan fingerprint density at radius 1 is 1.00 bits per heavy atom. The van der Waals surface area contributed by atoms with Crippen LogP contribution in [0.2, 0.25) is 0 Å². The summed E-state index contributed by atoms with van der Waals surface area (Å²) in [7, 11) is 1.72. The zero-order valence-corrected chi connectivity index (χ0v) is 12.2. The predicted molar refractivity (Wildman–Crippen MR) is 77.1 cm³/mol. The summed E-state index contributed by atoms with van der Waals surface area (Å²) in [5, 5.41) is 0. The van der Waals surface area contributed by atoms with Gasteiger partial charge in [0.05, 0.1) is 11.8 Å². The van der Waals surface area contributed by atoms with Crippen LogP contribution in [0, 0.1) is 20.8 Å². The number of hydrogen-bond acceptors (Lipinski definition) is 3. The molecule has 0 saturated heterocycles. The fourth-order valence-electron chi connectivity index (χ4n) is 2.10. The van der Waals surface area contributed by atoms with Crippen molar-refractivity contribution < 1.29 is 4.74 Å². The molecule has 3 nitrogen and oxygen atoms in total. The van der Waals surface area contributed by atoms with Crippen LogP contribution in [0.15, 0.2) is 24.3 Å². The van der Waals surface area contributed by atoms with Crippen LogP contribution in [-0.2, 0) is 4.74 Å². The van der Waals surface area contributed by atoms with Crippen LogP contribution in [0.5, 0.6) is 0 Å². The van der Waals surface area contributed by atoms with Crippen molar-refractivity contribution in [1.82, 2.24) is 9.97 Å². The Labute approximate surface area is 114 Å². The molecule has 0 fully saturated rings. The molecule has 100 valence electrons. The zero-order valence-electron chi connectivity index (χ0n) is 12.2. The topological polar surface area (TPSA) is 35.0 Å². The minimum absolute atomic E-state index is 0.115. The number of hydrogen-bond donors (Lipinski definition) is 0. The van der Waals surface area contributed by atoms with Crippen LogP contribution >= 0.6 is 0 Å². The Morgan fingerprint density at radius 3 is 2.21 bits per heavy atom. The van der Waals surface area contributed by atoms with E-state index < -0.39 is 0 Å². The molecule has 2 aromatic rings. The van der Waals surface area contributed by atoms with Crippen molar-refractivity contribution in [2.75, 3.05) is 7.11 Å². The van der Waals surface area contributed by atoms with Gasteiger partial charge in [-0.05, 0) is 38.8 Å². The smallest absolute Gasteiger partial charge is 0.126 e. The molecule has 1 aromatic heterocycles. The summed E-state index contributed by atoms with van der Waals surface area (Å²) < 4.78 is 5.32. The normalized spacial score (nSPS) is 12.5. The molecular weight excluding hydrogens is 236 g/mol. The van der Waals surface area contributed by atoms with Gasteiger partial charge in [0.15, 0.2) is 0 Å². The molecule has 3 heteroatoms. The summed E-state index contributed by atoms with van der Waals surface area (Å²) in [6.07, 6.45) is 0.115. The molecule has 19 heavy (non-hydrogen) atoms. The highest BCUT2D eigenvalue weighted by Crippen LogP contribution is 2.25. The fraction of sp³-hybridized carbons (Fsp3) is 0.375. The predicted octanol–water partition coefficient (Wildman–Crippen LogP) is 3.78. The van der Waals surface area contributed by atoms with Gasteiger partial charge in [-0.25, -0.2) is 9.97 Å². The monoisotopic (exact) mass is 256 g/mol. The van der Waals surface area contributed by atoms with Crippen LogP contribution in [0.25, 0.3) is 11.3 Å². The highest BCUT2D eigenvalue weighted by molar-refractivity contribution is 5.63. The Kier molecular flexibility index (Phi) is 3.96. The second-order valence-corrected chi connectivity index (χ2v) is 4.83. The molecule has 0 N–H and O–H groups in total. The number of aryl methyl sites for hydroxylation is 2. The summed E-state index contributed by atoms with van der Waals surface area (Å²) in [5.74, 6) is 0.812. The SMILES string of the molecule is CO[C@H](C)c1ccc(-c2nc(C)nc(C)c2C)cc1. The highest BCUT2D eigenvalue weighted by Gasteiger charge is 2.09. The van der Waals surface area contributed by atoms with Gasteiger partial charge in [-0.15, -0.1) is 0 Å². The van der Waals surface area contributed by atoms with E-state index in [0.29, 0.717) is 0 Å². The quantitative estimate of drug-likeness (QED) is 0.838. The second-order valence-electron chi connectivity index (χ2n) is 4.83. The standard InChI is InChI=1S/C16H20N2O/c1-10-11(2)17-13(4)18-16(10)15-8-6-14(7-9-15)12(3)19-5/h6-9,12H,1-5H3/t12-/m1/s1. The molecule has 0 saturated carbocycles. The third-order valence-electron chi connectivity index (χ3n) is 3.51. The summed E-state index contributed by atoms with van der Waals surface area (Å²) in [6, 6.07) is 8.38. The number of benzene rings is 1. The Morgan fingerprint density at radius 2 is 1.63 bits per heavy atom. The summed E-state index contributed by atoms with van der Waals surface area (Å²) in [4.78, 5) is 8.94. The number of nitrogens with zero attached hydrogens (tertiary/aromatic N) is 2. The molecule has 1 atom stereocenters. The van der Waals surface area contributed by atoms with E-state index >= 15 is 0 Å². The van der Waals surface area contributed by atoms with Gasteiger partial charge < -0.3 is 4.74 Å². The maximum absolute atomic E-state index is 5.32. The van der Waals surface area contributed by atoms with E-state index in [9.17, 15) is 0 Å². The van der Waals surface area contributed by atoms with Crippen molar-refractivity contribution in [3.8, 4) is 11.3 Å². The lowest BCUT2D eigenvalue weighted by molar-refractivity contribution is 0.119. The molecule has 1 aromatic carbocycles. The number of rotatable bonds is 3. The second kappa shape index (κ2) is 5.49. The van der Waals surface area contributed by atoms with E-state index in [0.717, 1.165) is 28.3 Å². The largest absolute Gasteiger partial charge is 0.377 e. The first-order chi connectivity index (χ1) is 9.02. The minimum Gasteiger partial charge on any atom is -0.377 e. The highest BCUT2D eigenvalue weighted by atomic mass is 16.5. The zero-order chi connectivity index (χ0) is 14.0. The first-order valence-corrected chi connectivity index (χ1v) is 6.48. The molecule has 0 aliphatic carbocycles. The van der Waals surface area contributed by atoms with Crippen molar-refractivity contribution in [2.24, 2.45) is 0 Å². The lowest BCUT2D eigenvalue weighted by Crippen LogP contribution is -2.00. The van der Waals surface area contributed by atoms with Crippen molar-refractivity contribution in [2.45, 2.75) is 33.8 Å². The lowest BCUT2D eigenvalue weighted by Gasteiger charge is -2.12. The number of ether oxygens (including phenoxy) is 1. The summed E-state index contributed by atoms with van der Waals surface area (Å²) in [6.45, 7) is 8.06. The third-order valence-corrected chi connectivity index (χ3v) is 3.51. The lowest BCUT2D eigenvalue weighted by atomic mass is 10.0. The molecule has 0 aliphatic heterocycles. The fourth-order valence-corrected chi connectivity index (χ4v) is 2.10. The van der Waals surface area contributed by atoms with Crippen LogP contribution in [0.3, 0.4) is 0 Å². The van der Waals surface area contributed by atoms with Crippen molar-refractivity contribution >= 4 is 0 Å². The van der Waals surface area contributed by atoms with Gasteiger partial charge in [0.2, 0.25) is 0 Å². The summed E-state index contributed by atoms with van der Waals surface area (Å²) >= 11 is 0. The van der Waals surface area contributed by atoms with Gasteiger partial charge in [0, 0.05) is 18.4 Å². The Balaban J connectivity index is 2.43.